The fraction of sp³-hybridized carbons (Fsp3) is 0.542. The molecule has 1 saturated heterocycles. The van der Waals surface area contributed by atoms with Gasteiger partial charge in [-0.3, -0.25) is 4.79 Å². The molecule has 4 aliphatic rings. The Bertz CT molecular complexity index is 1140. The third-order valence-corrected chi connectivity index (χ3v) is 9.13. The summed E-state index contributed by atoms with van der Waals surface area (Å²) in [6.07, 6.45) is 4.88. The number of ketones is 1. The molecule has 1 aromatic carbocycles. The number of azo groups is 1. The largest absolute Gasteiger partial charge is 0.362 e. The summed E-state index contributed by atoms with van der Waals surface area (Å²) in [5, 5.41) is 12.0. The molecular formula is C24H30N4O3S. The lowest BCUT2D eigenvalue weighted by Crippen LogP contribution is -2.49. The molecule has 32 heavy (non-hydrogen) atoms. The van der Waals surface area contributed by atoms with Crippen LogP contribution in [0.15, 0.2) is 63.6 Å². The minimum absolute atomic E-state index is 0.000546. The Morgan fingerprint density at radius 1 is 1.12 bits per heavy atom. The van der Waals surface area contributed by atoms with Crippen molar-refractivity contribution in [3.63, 3.8) is 0 Å². The normalized spacial score (nSPS) is 29.9. The Morgan fingerprint density at radius 3 is 2.69 bits per heavy atom. The number of benzene rings is 1. The van der Waals surface area contributed by atoms with Crippen molar-refractivity contribution in [1.82, 2.24) is 9.62 Å². The van der Waals surface area contributed by atoms with E-state index in [1.165, 1.54) is 0 Å². The van der Waals surface area contributed by atoms with Gasteiger partial charge >= 0.3 is 0 Å². The summed E-state index contributed by atoms with van der Waals surface area (Å²) in [7, 11) is -3.45. The van der Waals surface area contributed by atoms with Crippen molar-refractivity contribution >= 4 is 15.8 Å². The zero-order valence-electron chi connectivity index (χ0n) is 18.7. The standard InChI is InChI=1S/C24H30N4O3S/c1-23(2)13-19-21(20(29)14-23)24(18-15-25-27-22(18)26-19)9-6-11-28(12-10-24)32(30,31)16-17-7-4-3-5-8-17/h3-5,7-8,15,22,26H,6,9-14,16H2,1-2H3/t22?,24-/m0/s1. The van der Waals surface area contributed by atoms with Gasteiger partial charge in [-0.25, -0.2) is 12.7 Å². The van der Waals surface area contributed by atoms with Crippen LogP contribution in [-0.4, -0.2) is 37.8 Å². The van der Waals surface area contributed by atoms with Crippen LogP contribution >= 0.6 is 0 Å². The second-order valence-electron chi connectivity index (χ2n) is 10.2. The quantitative estimate of drug-likeness (QED) is 0.750. The second-order valence-corrected chi connectivity index (χ2v) is 12.2. The Labute approximate surface area is 189 Å². The summed E-state index contributed by atoms with van der Waals surface area (Å²) in [4.78, 5) is 13.4. The van der Waals surface area contributed by atoms with Crippen LogP contribution in [-0.2, 0) is 20.6 Å². The van der Waals surface area contributed by atoms with Gasteiger partial charge in [0.05, 0.1) is 12.0 Å². The first kappa shape index (κ1) is 21.5. The predicted molar refractivity (Wildman–Crippen MR) is 122 cm³/mol. The summed E-state index contributed by atoms with van der Waals surface area (Å²) in [5.74, 6) is 0.176. The van der Waals surface area contributed by atoms with E-state index in [0.29, 0.717) is 32.4 Å². The van der Waals surface area contributed by atoms with Crippen LogP contribution in [0.3, 0.4) is 0 Å². The molecule has 1 unspecified atom stereocenters. The lowest BCUT2D eigenvalue weighted by atomic mass is 9.60. The smallest absolute Gasteiger partial charge is 0.218 e. The maximum atomic E-state index is 13.4. The van der Waals surface area contributed by atoms with Gasteiger partial charge < -0.3 is 5.32 Å². The molecular weight excluding hydrogens is 424 g/mol. The van der Waals surface area contributed by atoms with Crippen molar-refractivity contribution in [3.8, 4) is 0 Å². The van der Waals surface area contributed by atoms with Crippen molar-refractivity contribution in [3.05, 3.63) is 58.9 Å². The van der Waals surface area contributed by atoms with Crippen LogP contribution in [0.2, 0.25) is 0 Å². The number of fused-ring (bicyclic) bond motifs is 3. The van der Waals surface area contributed by atoms with E-state index >= 15 is 0 Å². The molecule has 3 aliphatic heterocycles. The highest BCUT2D eigenvalue weighted by atomic mass is 32.2. The van der Waals surface area contributed by atoms with Gasteiger partial charge in [-0.2, -0.15) is 10.2 Å². The summed E-state index contributed by atoms with van der Waals surface area (Å²) in [6.45, 7) is 5.11. The molecule has 1 aliphatic carbocycles. The summed E-state index contributed by atoms with van der Waals surface area (Å²) < 4.78 is 28.1. The van der Waals surface area contributed by atoms with Crippen LogP contribution in [0, 0.1) is 10.8 Å². The van der Waals surface area contributed by atoms with Crippen LogP contribution < -0.4 is 5.32 Å². The zero-order chi connectivity index (χ0) is 22.6. The molecule has 1 fully saturated rings. The summed E-state index contributed by atoms with van der Waals surface area (Å²) in [5.41, 5.74) is 3.06. The molecule has 0 bridgehead atoms. The van der Waals surface area contributed by atoms with E-state index in [2.05, 4.69) is 29.4 Å². The second kappa shape index (κ2) is 7.63. The first-order valence-corrected chi connectivity index (χ1v) is 13.0. The molecule has 170 valence electrons. The van der Waals surface area contributed by atoms with Gasteiger partial charge in [0.25, 0.3) is 0 Å². The molecule has 3 heterocycles. The number of Topliss-reactive ketones (excluding diaryl/α,β-unsaturated/α-hetero) is 1. The average molecular weight is 455 g/mol. The molecule has 1 spiro atoms. The summed E-state index contributed by atoms with van der Waals surface area (Å²) >= 11 is 0. The Kier molecular flexibility index (Phi) is 5.13. The Morgan fingerprint density at radius 2 is 1.91 bits per heavy atom. The number of rotatable bonds is 3. The highest BCUT2D eigenvalue weighted by molar-refractivity contribution is 7.88. The number of hydrogen-bond donors (Lipinski definition) is 1. The molecule has 2 atom stereocenters. The van der Waals surface area contributed by atoms with Crippen molar-refractivity contribution in [2.75, 3.05) is 13.1 Å². The SMILES string of the molecule is CC1(C)CC(=O)C2=C(C1)NC1N=NC=C1[C@@]21CCCN(S(=O)(=O)Cc2ccccc2)CC1. The maximum Gasteiger partial charge on any atom is 0.218 e. The number of nitrogens with zero attached hydrogens (tertiary/aromatic N) is 3. The molecule has 0 aromatic heterocycles. The monoisotopic (exact) mass is 454 g/mol. The van der Waals surface area contributed by atoms with Crippen molar-refractivity contribution < 1.29 is 13.2 Å². The van der Waals surface area contributed by atoms with Crippen LogP contribution in [0.4, 0.5) is 0 Å². The minimum atomic E-state index is -3.45. The minimum Gasteiger partial charge on any atom is -0.362 e. The Balaban J connectivity index is 1.47. The van der Waals surface area contributed by atoms with E-state index in [4.69, 9.17) is 0 Å². The fourth-order valence-electron chi connectivity index (χ4n) is 5.90. The van der Waals surface area contributed by atoms with Gasteiger partial charge in [0.2, 0.25) is 10.0 Å². The third-order valence-electron chi connectivity index (χ3n) is 7.28. The molecule has 0 radical (unpaired) electrons. The van der Waals surface area contributed by atoms with E-state index in [1.54, 1.807) is 10.5 Å². The van der Waals surface area contributed by atoms with E-state index in [9.17, 15) is 13.2 Å². The molecule has 0 saturated carbocycles. The lowest BCUT2D eigenvalue weighted by molar-refractivity contribution is -0.119. The zero-order valence-corrected chi connectivity index (χ0v) is 19.5. The van der Waals surface area contributed by atoms with E-state index < -0.39 is 15.4 Å². The molecule has 1 aromatic rings. The van der Waals surface area contributed by atoms with Gasteiger partial charge in [0, 0.05) is 41.8 Å². The average Bonchev–Trinajstić information content (AvgIpc) is 3.07. The predicted octanol–water partition coefficient (Wildman–Crippen LogP) is 3.91. The van der Waals surface area contributed by atoms with E-state index in [1.807, 2.05) is 30.3 Å². The highest BCUT2D eigenvalue weighted by Crippen LogP contribution is 2.55. The molecule has 5 rings (SSSR count). The van der Waals surface area contributed by atoms with E-state index in [0.717, 1.165) is 35.2 Å². The number of carbonyl (C=O) groups excluding carboxylic acids is 1. The van der Waals surface area contributed by atoms with Gasteiger partial charge in [-0.05, 0) is 36.7 Å². The van der Waals surface area contributed by atoms with Gasteiger partial charge in [-0.15, -0.1) is 0 Å². The van der Waals surface area contributed by atoms with Crippen LogP contribution in [0.5, 0.6) is 0 Å². The number of allylic oxidation sites excluding steroid dienone is 2. The van der Waals surface area contributed by atoms with E-state index in [-0.39, 0.29) is 23.1 Å². The first-order valence-electron chi connectivity index (χ1n) is 11.4. The van der Waals surface area contributed by atoms with Crippen molar-refractivity contribution in [2.45, 2.75) is 57.9 Å². The van der Waals surface area contributed by atoms with Crippen molar-refractivity contribution in [1.29, 1.82) is 0 Å². The first-order chi connectivity index (χ1) is 15.2. The fourth-order valence-corrected chi connectivity index (χ4v) is 7.47. The topological polar surface area (TPSA) is 91.2 Å². The highest BCUT2D eigenvalue weighted by Gasteiger charge is 2.53. The number of hydrogen-bond acceptors (Lipinski definition) is 6. The summed E-state index contributed by atoms with van der Waals surface area (Å²) in [6, 6.07) is 9.31. The molecule has 8 heteroatoms. The van der Waals surface area contributed by atoms with Crippen LogP contribution in [0.1, 0.15) is 51.5 Å². The van der Waals surface area contributed by atoms with Gasteiger partial charge in [-0.1, -0.05) is 44.2 Å². The van der Waals surface area contributed by atoms with Gasteiger partial charge in [0.15, 0.2) is 11.9 Å². The Hall–Kier alpha value is -2.32. The molecule has 1 N–H and O–H groups in total. The molecule has 7 nitrogen and oxygen atoms in total. The number of nitrogens with one attached hydrogen (secondary N) is 1. The third kappa shape index (κ3) is 3.63. The van der Waals surface area contributed by atoms with Gasteiger partial charge in [0.1, 0.15) is 0 Å². The number of sulfonamides is 1. The maximum absolute atomic E-state index is 13.4. The lowest BCUT2D eigenvalue weighted by Gasteiger charge is -2.47. The van der Waals surface area contributed by atoms with Crippen molar-refractivity contribution in [2.24, 2.45) is 21.1 Å². The number of carbonyl (C=O) groups is 1. The molecule has 0 amide bonds. The van der Waals surface area contributed by atoms with Crippen LogP contribution in [0.25, 0.3) is 0 Å².